The first-order valence-corrected chi connectivity index (χ1v) is 4.01. The van der Waals surface area contributed by atoms with Crippen LogP contribution < -0.4 is 29.6 Å². The molecule has 0 saturated heterocycles. The molecule has 0 aliphatic carbocycles. The van der Waals surface area contributed by atoms with Gasteiger partial charge in [0.25, 0.3) is 0 Å². The van der Waals surface area contributed by atoms with Gasteiger partial charge in [-0.15, -0.1) is 0 Å². The van der Waals surface area contributed by atoms with Crippen LogP contribution in [0.5, 0.6) is 0 Å². The van der Waals surface area contributed by atoms with Crippen molar-refractivity contribution >= 4 is 61.6 Å². The van der Waals surface area contributed by atoms with E-state index in [0.29, 0.717) is 12.2 Å². The van der Waals surface area contributed by atoms with Gasteiger partial charge in [-0.05, 0) is 0 Å². The minimum atomic E-state index is -2.45. The minimum Gasteiger partial charge on any atom is -1.00 e. The summed E-state index contributed by atoms with van der Waals surface area (Å²) in [4.78, 5) is 41.6. The summed E-state index contributed by atoms with van der Waals surface area (Å²) in [5, 5.41) is 33.8. The molecule has 0 aromatic heterocycles. The summed E-state index contributed by atoms with van der Waals surface area (Å²) >= 11 is 0. The molecule has 0 radical (unpaired) electrons. The van der Waals surface area contributed by atoms with Crippen LogP contribution in [0.1, 0.15) is 2.85 Å². The van der Waals surface area contributed by atoms with Crippen molar-refractivity contribution in [3.05, 3.63) is 12.2 Å². The maximum Gasteiger partial charge on any atom is 2.00 e. The van der Waals surface area contributed by atoms with E-state index in [9.17, 15) is 19.2 Å². The number of carbonyl (C=O) groups is 4. The molecule has 0 aliphatic heterocycles. The number of rotatable bonds is 6. The van der Waals surface area contributed by atoms with E-state index in [2.05, 4.69) is 4.74 Å². The van der Waals surface area contributed by atoms with E-state index in [1.54, 1.807) is 0 Å². The largest absolute Gasteiger partial charge is 2.00 e. The van der Waals surface area contributed by atoms with Gasteiger partial charge in [0.2, 0.25) is 6.10 Å². The van der Waals surface area contributed by atoms with Gasteiger partial charge < -0.3 is 33.5 Å². The van der Waals surface area contributed by atoms with Crippen LogP contribution in [0.2, 0.25) is 0 Å². The Bertz CT molecular complexity index is 391. The number of hydrogen-bond acceptors (Lipinski definition) is 7. The third kappa shape index (κ3) is 11.6. The van der Waals surface area contributed by atoms with Gasteiger partial charge in [0.05, 0.1) is 0 Å². The Balaban J connectivity index is -0.000000128. The molecule has 20 heavy (non-hydrogen) atoms. The average Bonchev–Trinajstić information content (AvgIpc) is 2.21. The molecule has 0 aromatic carbocycles. The van der Waals surface area contributed by atoms with Gasteiger partial charge in [0.15, 0.2) is 6.10 Å². The van der Waals surface area contributed by atoms with E-state index in [0.717, 1.165) is 0 Å². The van der Waals surface area contributed by atoms with E-state index < -0.39 is 36.1 Å². The van der Waals surface area contributed by atoms with Crippen molar-refractivity contribution in [1.29, 1.82) is 0 Å². The molecule has 0 aromatic rings. The summed E-state index contributed by atoms with van der Waals surface area (Å²) in [6.45, 7) is 0. The SMILES string of the molecule is O=C(O)/C=C\C(=O)OC(C(=O)O)C(O)C(=O)O.[Ca+2].[H-].[H-].[Na+].[OH-]. The van der Waals surface area contributed by atoms with Crippen molar-refractivity contribution < 1.29 is 82.2 Å². The molecule has 0 spiro atoms. The fourth-order valence-corrected chi connectivity index (χ4v) is 0.683. The molecule has 0 amide bonds. The van der Waals surface area contributed by atoms with Gasteiger partial charge in [0, 0.05) is 12.2 Å². The van der Waals surface area contributed by atoms with Crippen LogP contribution in [-0.4, -0.2) is 99.7 Å². The number of aliphatic hydroxyl groups excluding tert-OH is 1. The Hall–Kier alpha value is -0.200. The Morgan fingerprint density at radius 2 is 1.45 bits per heavy atom. The summed E-state index contributed by atoms with van der Waals surface area (Å²) in [7, 11) is 0. The number of carbonyl (C=O) groups excluding carboxylic acids is 1. The molecule has 0 aliphatic rings. The zero-order chi connectivity index (χ0) is 13.6. The van der Waals surface area contributed by atoms with Crippen LogP contribution in [0.25, 0.3) is 0 Å². The van der Waals surface area contributed by atoms with Crippen molar-refractivity contribution in [3.63, 3.8) is 0 Å². The van der Waals surface area contributed by atoms with Crippen LogP contribution in [0.15, 0.2) is 12.2 Å². The van der Waals surface area contributed by atoms with Crippen molar-refractivity contribution in [2.24, 2.45) is 0 Å². The second-order valence-corrected chi connectivity index (χ2v) is 2.65. The number of esters is 1. The van der Waals surface area contributed by atoms with E-state index in [4.69, 9.17) is 20.4 Å². The third-order valence-corrected chi connectivity index (χ3v) is 1.39. The second kappa shape index (κ2) is 13.8. The summed E-state index contributed by atoms with van der Waals surface area (Å²) in [5.41, 5.74) is 0. The molecule has 2 atom stereocenters. The molecule has 2 unspecified atom stereocenters. The average molecular weight is 330 g/mol. The second-order valence-electron chi connectivity index (χ2n) is 2.65. The molecular formula is C8H11CaNaO10. The quantitative estimate of drug-likeness (QED) is 0.208. The van der Waals surface area contributed by atoms with Gasteiger partial charge in [-0.25, -0.2) is 19.2 Å². The molecule has 0 fully saturated rings. The van der Waals surface area contributed by atoms with E-state index in [-0.39, 0.29) is 75.6 Å². The van der Waals surface area contributed by atoms with Gasteiger partial charge in [0.1, 0.15) is 0 Å². The zero-order valence-electron chi connectivity index (χ0n) is 12.3. The van der Waals surface area contributed by atoms with Crippen molar-refractivity contribution in [2.75, 3.05) is 0 Å². The van der Waals surface area contributed by atoms with Gasteiger partial charge >= 0.3 is 91.2 Å². The molecular weight excluding hydrogens is 319 g/mol. The summed E-state index contributed by atoms with van der Waals surface area (Å²) in [6, 6.07) is 0. The number of aliphatic hydroxyl groups is 1. The number of ether oxygens (including phenoxy) is 1. The van der Waals surface area contributed by atoms with Crippen LogP contribution in [0.3, 0.4) is 0 Å². The number of carboxylic acid groups (broad SMARTS) is 3. The number of hydrogen-bond donors (Lipinski definition) is 4. The Morgan fingerprint density at radius 1 is 1.00 bits per heavy atom. The first-order valence-electron chi connectivity index (χ1n) is 4.01. The predicted molar refractivity (Wildman–Crippen MR) is 57.8 cm³/mol. The van der Waals surface area contributed by atoms with Crippen molar-refractivity contribution in [3.8, 4) is 0 Å². The van der Waals surface area contributed by atoms with Gasteiger partial charge in [-0.1, -0.05) is 0 Å². The normalized spacial score (nSPS) is 11.8. The fraction of sp³-hybridized carbons (Fsp3) is 0.250. The summed E-state index contributed by atoms with van der Waals surface area (Å²) in [6.07, 6.45) is -4.02. The van der Waals surface area contributed by atoms with E-state index in [1.165, 1.54) is 0 Å². The predicted octanol–water partition coefficient (Wildman–Crippen LogP) is -5.26. The maximum atomic E-state index is 10.8. The minimum absolute atomic E-state index is 0. The van der Waals surface area contributed by atoms with Crippen molar-refractivity contribution in [1.82, 2.24) is 0 Å². The van der Waals surface area contributed by atoms with Gasteiger partial charge in [-0.2, -0.15) is 0 Å². The molecule has 0 bridgehead atoms. The standard InChI is InChI=1S/C8H8O9.Ca.Na.H2O.2H/c9-3(10)1-2-4(11)17-6(8(15)16)5(12)7(13)14;;;;;/h1-2,5-6,12H,(H,9,10)(H,13,14)(H,15,16);;;1H2;;/q;+2;+1;;2*-1/p-1/b2-1-;;;;;. The first-order chi connectivity index (χ1) is 7.75. The Kier molecular flexibility index (Phi) is 19.3. The zero-order valence-corrected chi connectivity index (χ0v) is 14.5. The summed E-state index contributed by atoms with van der Waals surface area (Å²) in [5.74, 6) is -6.66. The molecule has 10 nitrogen and oxygen atoms in total. The topological polar surface area (TPSA) is 188 Å². The summed E-state index contributed by atoms with van der Waals surface area (Å²) < 4.78 is 4.07. The monoisotopic (exact) mass is 330 g/mol. The third-order valence-electron chi connectivity index (χ3n) is 1.39. The fourth-order valence-electron chi connectivity index (χ4n) is 0.683. The maximum absolute atomic E-state index is 10.8. The van der Waals surface area contributed by atoms with Crippen LogP contribution in [0, 0.1) is 0 Å². The number of aliphatic carboxylic acids is 3. The van der Waals surface area contributed by atoms with Crippen LogP contribution in [0.4, 0.5) is 0 Å². The van der Waals surface area contributed by atoms with Gasteiger partial charge in [-0.3, -0.25) is 0 Å². The number of carboxylic acids is 3. The Labute approximate surface area is 167 Å². The first kappa shape index (κ1) is 28.0. The molecule has 0 rings (SSSR count). The molecule has 12 heteroatoms. The Morgan fingerprint density at radius 3 is 1.75 bits per heavy atom. The molecule has 106 valence electrons. The molecule has 0 heterocycles. The molecule has 5 N–H and O–H groups in total. The smallest absolute Gasteiger partial charge is 1.00 e. The van der Waals surface area contributed by atoms with E-state index >= 15 is 0 Å². The van der Waals surface area contributed by atoms with Crippen LogP contribution >= 0.6 is 0 Å². The van der Waals surface area contributed by atoms with Crippen molar-refractivity contribution in [2.45, 2.75) is 12.2 Å². The molecule has 0 saturated carbocycles. The van der Waals surface area contributed by atoms with E-state index in [1.807, 2.05) is 0 Å². The van der Waals surface area contributed by atoms with Crippen LogP contribution in [-0.2, 0) is 23.9 Å².